The van der Waals surface area contributed by atoms with Gasteiger partial charge in [0.25, 0.3) is 5.91 Å². The van der Waals surface area contributed by atoms with Crippen molar-refractivity contribution < 1.29 is 22.0 Å². The van der Waals surface area contributed by atoms with Gasteiger partial charge in [0, 0.05) is 18.2 Å². The van der Waals surface area contributed by atoms with Crippen LogP contribution in [0.2, 0.25) is 0 Å². The summed E-state index contributed by atoms with van der Waals surface area (Å²) in [6.07, 6.45) is 0.990. The number of hydrogen-bond donors (Lipinski definition) is 1. The Morgan fingerprint density at radius 3 is 2.22 bits per heavy atom. The second-order valence-electron chi connectivity index (χ2n) is 7.59. The Morgan fingerprint density at radius 1 is 0.969 bits per heavy atom. The highest BCUT2D eigenvalue weighted by atomic mass is 32.2. The average molecular weight is 459 g/mol. The first-order valence-corrected chi connectivity index (χ1v) is 11.8. The molecule has 168 valence electrons. The molecule has 0 aliphatic heterocycles. The van der Waals surface area contributed by atoms with E-state index in [0.717, 1.165) is 28.3 Å². The number of nitrogens with one attached hydrogen (secondary N) is 1. The third kappa shape index (κ3) is 5.91. The van der Waals surface area contributed by atoms with Crippen molar-refractivity contribution in [1.82, 2.24) is 5.32 Å². The van der Waals surface area contributed by atoms with E-state index in [1.165, 1.54) is 6.07 Å². The summed E-state index contributed by atoms with van der Waals surface area (Å²) in [6, 6.07) is 19.2. The van der Waals surface area contributed by atoms with Crippen molar-refractivity contribution in [3.05, 3.63) is 101 Å². The molecule has 1 amide bonds. The van der Waals surface area contributed by atoms with E-state index in [9.17, 15) is 22.0 Å². The van der Waals surface area contributed by atoms with Gasteiger partial charge in [-0.25, -0.2) is 17.2 Å². The van der Waals surface area contributed by atoms with E-state index in [1.807, 2.05) is 37.3 Å². The van der Waals surface area contributed by atoms with E-state index < -0.39 is 21.7 Å². The summed E-state index contributed by atoms with van der Waals surface area (Å²) in [6.45, 7) is 2.41. The molecule has 3 aromatic rings. The van der Waals surface area contributed by atoms with E-state index in [-0.39, 0.29) is 24.1 Å². The Bertz CT molecular complexity index is 1180. The molecule has 0 saturated carbocycles. The van der Waals surface area contributed by atoms with Crippen LogP contribution in [0.25, 0.3) is 0 Å². The van der Waals surface area contributed by atoms with Gasteiger partial charge < -0.3 is 5.32 Å². The number of anilines is 1. The van der Waals surface area contributed by atoms with E-state index in [2.05, 4.69) is 5.32 Å². The Kier molecular flexibility index (Phi) is 7.25. The first-order chi connectivity index (χ1) is 15.1. The molecule has 8 heteroatoms. The van der Waals surface area contributed by atoms with Gasteiger partial charge in [0.05, 0.1) is 18.5 Å². The summed E-state index contributed by atoms with van der Waals surface area (Å²) < 4.78 is 52.3. The highest BCUT2D eigenvalue weighted by molar-refractivity contribution is 7.92. The van der Waals surface area contributed by atoms with Crippen molar-refractivity contribution in [2.75, 3.05) is 17.1 Å². The predicted molar refractivity (Wildman–Crippen MR) is 121 cm³/mol. The topological polar surface area (TPSA) is 66.5 Å². The second kappa shape index (κ2) is 9.91. The van der Waals surface area contributed by atoms with E-state index in [0.29, 0.717) is 17.7 Å². The zero-order valence-corrected chi connectivity index (χ0v) is 18.6. The molecule has 0 heterocycles. The highest BCUT2D eigenvalue weighted by Gasteiger charge is 2.20. The summed E-state index contributed by atoms with van der Waals surface area (Å²) in [5.74, 6) is -2.27. The van der Waals surface area contributed by atoms with Crippen LogP contribution in [-0.4, -0.2) is 27.1 Å². The van der Waals surface area contributed by atoms with Gasteiger partial charge in [-0.3, -0.25) is 9.10 Å². The van der Waals surface area contributed by atoms with Gasteiger partial charge in [0.2, 0.25) is 10.0 Å². The van der Waals surface area contributed by atoms with Crippen LogP contribution >= 0.6 is 0 Å². The second-order valence-corrected chi connectivity index (χ2v) is 9.49. The van der Waals surface area contributed by atoms with Crippen molar-refractivity contribution in [2.24, 2.45) is 0 Å². The van der Waals surface area contributed by atoms with Crippen LogP contribution in [0.15, 0.2) is 72.8 Å². The molecule has 0 fully saturated rings. The van der Waals surface area contributed by atoms with Gasteiger partial charge in [-0.15, -0.1) is 0 Å². The van der Waals surface area contributed by atoms with Crippen molar-refractivity contribution in [3.63, 3.8) is 0 Å². The molecule has 3 rings (SSSR count). The molecule has 1 atom stereocenters. The first kappa shape index (κ1) is 23.4. The van der Waals surface area contributed by atoms with Crippen LogP contribution in [0.3, 0.4) is 0 Å². The predicted octanol–water partition coefficient (Wildman–Crippen LogP) is 4.46. The molecule has 3 aromatic carbocycles. The molecule has 0 aromatic heterocycles. The third-order valence-corrected chi connectivity index (χ3v) is 6.21. The maximum Gasteiger partial charge on any atom is 0.251 e. The number of carbonyl (C=O) groups excluding carboxylic acids is 1. The lowest BCUT2D eigenvalue weighted by molar-refractivity contribution is 0.0951. The minimum absolute atomic E-state index is 0.0168. The lowest BCUT2D eigenvalue weighted by Gasteiger charge is -2.22. The number of hydrogen-bond acceptors (Lipinski definition) is 3. The lowest BCUT2D eigenvalue weighted by atomic mass is 10.0. The van der Waals surface area contributed by atoms with Crippen LogP contribution < -0.4 is 9.62 Å². The van der Waals surface area contributed by atoms with Gasteiger partial charge in [0.15, 0.2) is 11.6 Å². The number of carbonyl (C=O) groups is 1. The summed E-state index contributed by atoms with van der Waals surface area (Å²) >= 11 is 0. The van der Waals surface area contributed by atoms with Gasteiger partial charge in [-0.05, 0) is 41.3 Å². The summed E-state index contributed by atoms with van der Waals surface area (Å²) in [5, 5.41) is 2.90. The van der Waals surface area contributed by atoms with Gasteiger partial charge in [-0.1, -0.05) is 49.4 Å². The average Bonchev–Trinajstić information content (AvgIpc) is 2.78. The zero-order chi connectivity index (χ0) is 23.3. The van der Waals surface area contributed by atoms with Gasteiger partial charge in [-0.2, -0.15) is 0 Å². The first-order valence-electron chi connectivity index (χ1n) is 10.00. The van der Waals surface area contributed by atoms with Crippen LogP contribution in [-0.2, 0) is 16.6 Å². The molecule has 0 spiro atoms. The molecule has 0 saturated heterocycles. The monoisotopic (exact) mass is 458 g/mol. The molecule has 0 unspecified atom stereocenters. The number of sulfonamides is 1. The zero-order valence-electron chi connectivity index (χ0n) is 17.8. The smallest absolute Gasteiger partial charge is 0.251 e. The van der Waals surface area contributed by atoms with Crippen molar-refractivity contribution >= 4 is 21.6 Å². The minimum Gasteiger partial charge on any atom is -0.351 e. The third-order valence-electron chi connectivity index (χ3n) is 5.07. The summed E-state index contributed by atoms with van der Waals surface area (Å²) in [5.41, 5.74) is 2.17. The quantitative estimate of drug-likeness (QED) is 0.542. The van der Waals surface area contributed by atoms with Crippen LogP contribution in [0.4, 0.5) is 14.5 Å². The van der Waals surface area contributed by atoms with Crippen molar-refractivity contribution in [3.8, 4) is 0 Å². The number of benzene rings is 3. The Morgan fingerprint density at radius 2 is 1.62 bits per heavy atom. The standard InChI is InChI=1S/C24H24F2N2O3S/c1-17(19-6-4-3-5-7-19)15-27-24(29)20-10-8-18(9-11-20)16-28(32(2,30)31)21-12-13-22(25)23(26)14-21/h3-14,17H,15-16H2,1-2H3,(H,27,29)/t17-/m1/s1. The SMILES string of the molecule is C[C@H](CNC(=O)c1ccc(CN(c2ccc(F)c(F)c2)S(C)(=O)=O)cc1)c1ccccc1. The number of amides is 1. The van der Waals surface area contributed by atoms with Crippen LogP contribution in [0.5, 0.6) is 0 Å². The molecule has 0 bridgehead atoms. The van der Waals surface area contributed by atoms with E-state index in [4.69, 9.17) is 0 Å². The Labute approximate surface area is 186 Å². The fraction of sp³-hybridized carbons (Fsp3) is 0.208. The molecule has 0 aliphatic carbocycles. The minimum atomic E-state index is -3.75. The molecular weight excluding hydrogens is 434 g/mol. The van der Waals surface area contributed by atoms with Gasteiger partial charge >= 0.3 is 0 Å². The fourth-order valence-electron chi connectivity index (χ4n) is 3.21. The van der Waals surface area contributed by atoms with Gasteiger partial charge in [0.1, 0.15) is 0 Å². The number of halogens is 2. The molecule has 32 heavy (non-hydrogen) atoms. The van der Waals surface area contributed by atoms with Crippen LogP contribution in [0.1, 0.15) is 34.3 Å². The molecule has 0 radical (unpaired) electrons. The van der Waals surface area contributed by atoms with E-state index >= 15 is 0 Å². The maximum atomic E-state index is 13.6. The highest BCUT2D eigenvalue weighted by Crippen LogP contribution is 2.23. The Balaban J connectivity index is 1.68. The van der Waals surface area contributed by atoms with Crippen molar-refractivity contribution in [2.45, 2.75) is 19.4 Å². The largest absolute Gasteiger partial charge is 0.351 e. The normalized spacial score (nSPS) is 12.2. The van der Waals surface area contributed by atoms with Crippen LogP contribution in [0, 0.1) is 11.6 Å². The maximum absolute atomic E-state index is 13.6. The number of nitrogens with zero attached hydrogens (tertiary/aromatic N) is 1. The molecule has 1 N–H and O–H groups in total. The van der Waals surface area contributed by atoms with Crippen molar-refractivity contribution in [1.29, 1.82) is 0 Å². The molecule has 0 aliphatic rings. The van der Waals surface area contributed by atoms with E-state index in [1.54, 1.807) is 24.3 Å². The molecular formula is C24H24F2N2O3S. The fourth-order valence-corrected chi connectivity index (χ4v) is 4.09. The lowest BCUT2D eigenvalue weighted by Crippen LogP contribution is -2.29. The summed E-state index contributed by atoms with van der Waals surface area (Å²) in [7, 11) is -3.75. The molecule has 5 nitrogen and oxygen atoms in total. The Hall–Kier alpha value is -3.26. The summed E-state index contributed by atoms with van der Waals surface area (Å²) in [4.78, 5) is 12.5. The number of rotatable bonds is 8.